The molecule has 0 amide bonds. The summed E-state index contributed by atoms with van der Waals surface area (Å²) in [5.74, 6) is -0.272. The number of halogens is 1. The first kappa shape index (κ1) is 14.7. The molecule has 0 saturated carbocycles. The van der Waals surface area contributed by atoms with Crippen LogP contribution < -0.4 is 0 Å². The SMILES string of the molecule is CCc1ccc(CC)c(C(O)c2ccc(C)c(F)c2)c1. The summed E-state index contributed by atoms with van der Waals surface area (Å²) in [6, 6.07) is 11.1. The van der Waals surface area contributed by atoms with E-state index in [9.17, 15) is 9.50 Å². The average molecular weight is 272 g/mol. The van der Waals surface area contributed by atoms with Crippen LogP contribution >= 0.6 is 0 Å². The Hall–Kier alpha value is -1.67. The standard InChI is InChI=1S/C18H21FO/c1-4-13-7-9-14(5-2)16(10-13)18(20)15-8-6-12(3)17(19)11-15/h6-11,18,20H,4-5H2,1-3H3. The summed E-state index contributed by atoms with van der Waals surface area (Å²) >= 11 is 0. The maximum absolute atomic E-state index is 13.7. The average Bonchev–Trinajstić information content (AvgIpc) is 2.48. The minimum Gasteiger partial charge on any atom is -0.384 e. The lowest BCUT2D eigenvalue weighted by molar-refractivity contribution is 0.218. The third kappa shape index (κ3) is 2.91. The topological polar surface area (TPSA) is 20.2 Å². The van der Waals surface area contributed by atoms with Crippen LogP contribution in [0.2, 0.25) is 0 Å². The van der Waals surface area contributed by atoms with Crippen LogP contribution in [0.4, 0.5) is 4.39 Å². The first-order valence-corrected chi connectivity index (χ1v) is 7.12. The van der Waals surface area contributed by atoms with Crippen molar-refractivity contribution in [2.24, 2.45) is 0 Å². The monoisotopic (exact) mass is 272 g/mol. The van der Waals surface area contributed by atoms with Gasteiger partial charge in [0.25, 0.3) is 0 Å². The zero-order chi connectivity index (χ0) is 14.7. The highest BCUT2D eigenvalue weighted by Gasteiger charge is 2.15. The van der Waals surface area contributed by atoms with Gasteiger partial charge < -0.3 is 5.11 Å². The molecule has 2 aromatic rings. The minimum atomic E-state index is -0.772. The van der Waals surface area contributed by atoms with Crippen molar-refractivity contribution in [1.82, 2.24) is 0 Å². The molecule has 0 saturated heterocycles. The third-order valence-electron chi connectivity index (χ3n) is 3.81. The second-order valence-corrected chi connectivity index (χ2v) is 5.15. The molecule has 2 rings (SSSR count). The Balaban J connectivity index is 2.45. The molecule has 0 aromatic heterocycles. The van der Waals surface area contributed by atoms with Gasteiger partial charge in [-0.25, -0.2) is 4.39 Å². The van der Waals surface area contributed by atoms with E-state index in [1.165, 1.54) is 11.6 Å². The van der Waals surface area contributed by atoms with Gasteiger partial charge in [0.05, 0.1) is 0 Å². The molecule has 0 spiro atoms. The van der Waals surface area contributed by atoms with E-state index in [4.69, 9.17) is 0 Å². The number of hydrogen-bond acceptors (Lipinski definition) is 1. The molecule has 1 N–H and O–H groups in total. The zero-order valence-corrected chi connectivity index (χ0v) is 12.3. The van der Waals surface area contributed by atoms with Crippen LogP contribution in [-0.4, -0.2) is 5.11 Å². The highest BCUT2D eigenvalue weighted by atomic mass is 19.1. The Bertz CT molecular complexity index is 604. The maximum atomic E-state index is 13.7. The first-order chi connectivity index (χ1) is 9.56. The Labute approximate surface area is 120 Å². The van der Waals surface area contributed by atoms with Crippen LogP contribution in [0.5, 0.6) is 0 Å². The van der Waals surface area contributed by atoms with Crippen molar-refractivity contribution in [2.75, 3.05) is 0 Å². The van der Waals surface area contributed by atoms with E-state index in [1.54, 1.807) is 19.1 Å². The van der Waals surface area contributed by atoms with Crippen LogP contribution in [-0.2, 0) is 12.8 Å². The van der Waals surface area contributed by atoms with Crippen molar-refractivity contribution < 1.29 is 9.50 Å². The molecular weight excluding hydrogens is 251 g/mol. The molecular formula is C18H21FO. The Morgan fingerprint density at radius 3 is 2.40 bits per heavy atom. The van der Waals surface area contributed by atoms with Crippen molar-refractivity contribution in [2.45, 2.75) is 39.7 Å². The molecule has 1 nitrogen and oxygen atoms in total. The highest BCUT2D eigenvalue weighted by Crippen LogP contribution is 2.27. The molecule has 0 fully saturated rings. The van der Waals surface area contributed by atoms with Gasteiger partial charge in [-0.05, 0) is 53.6 Å². The summed E-state index contributed by atoms with van der Waals surface area (Å²) in [6.07, 6.45) is 1.00. The van der Waals surface area contributed by atoms with Crippen LogP contribution in [0.25, 0.3) is 0 Å². The van der Waals surface area contributed by atoms with Crippen LogP contribution in [0.15, 0.2) is 36.4 Å². The van der Waals surface area contributed by atoms with Gasteiger partial charge in [-0.3, -0.25) is 0 Å². The summed E-state index contributed by atoms with van der Waals surface area (Å²) in [6.45, 7) is 5.87. The zero-order valence-electron chi connectivity index (χ0n) is 12.3. The summed E-state index contributed by atoms with van der Waals surface area (Å²) in [5.41, 5.74) is 4.38. The smallest absolute Gasteiger partial charge is 0.126 e. The molecule has 0 radical (unpaired) electrons. The number of aliphatic hydroxyl groups excluding tert-OH is 1. The largest absolute Gasteiger partial charge is 0.384 e. The molecule has 0 bridgehead atoms. The molecule has 2 aromatic carbocycles. The van der Waals surface area contributed by atoms with Gasteiger partial charge in [0.2, 0.25) is 0 Å². The van der Waals surface area contributed by atoms with Gasteiger partial charge in [0.15, 0.2) is 0 Å². The number of aryl methyl sites for hydroxylation is 3. The fourth-order valence-corrected chi connectivity index (χ4v) is 2.40. The van der Waals surface area contributed by atoms with Gasteiger partial charge in [0.1, 0.15) is 11.9 Å². The second kappa shape index (κ2) is 6.19. The van der Waals surface area contributed by atoms with E-state index in [0.29, 0.717) is 11.1 Å². The normalized spacial score (nSPS) is 12.4. The summed E-state index contributed by atoms with van der Waals surface area (Å²) < 4.78 is 13.7. The van der Waals surface area contributed by atoms with Crippen LogP contribution in [0.1, 0.15) is 47.8 Å². The molecule has 0 aliphatic heterocycles. The lowest BCUT2D eigenvalue weighted by Gasteiger charge is -2.17. The van der Waals surface area contributed by atoms with E-state index in [-0.39, 0.29) is 5.82 Å². The van der Waals surface area contributed by atoms with E-state index in [1.807, 2.05) is 6.07 Å². The second-order valence-electron chi connectivity index (χ2n) is 5.15. The first-order valence-electron chi connectivity index (χ1n) is 7.12. The lowest BCUT2D eigenvalue weighted by Crippen LogP contribution is -2.05. The van der Waals surface area contributed by atoms with Crippen molar-refractivity contribution in [3.63, 3.8) is 0 Å². The summed E-state index contributed by atoms with van der Waals surface area (Å²) in [5, 5.41) is 10.6. The van der Waals surface area contributed by atoms with Gasteiger partial charge >= 0.3 is 0 Å². The quantitative estimate of drug-likeness (QED) is 0.877. The molecule has 0 aliphatic carbocycles. The molecule has 0 heterocycles. The third-order valence-corrected chi connectivity index (χ3v) is 3.81. The number of hydrogen-bond donors (Lipinski definition) is 1. The number of rotatable bonds is 4. The van der Waals surface area contributed by atoms with E-state index >= 15 is 0 Å². The molecule has 20 heavy (non-hydrogen) atoms. The van der Waals surface area contributed by atoms with Gasteiger partial charge in [-0.1, -0.05) is 44.2 Å². The Morgan fingerprint density at radius 2 is 1.80 bits per heavy atom. The molecule has 0 aliphatic rings. The molecule has 106 valence electrons. The van der Waals surface area contributed by atoms with Gasteiger partial charge in [-0.15, -0.1) is 0 Å². The van der Waals surface area contributed by atoms with Gasteiger partial charge in [-0.2, -0.15) is 0 Å². The van der Waals surface area contributed by atoms with Crippen molar-refractivity contribution in [1.29, 1.82) is 0 Å². The van der Waals surface area contributed by atoms with E-state index < -0.39 is 6.10 Å². The minimum absolute atomic E-state index is 0.272. The fraction of sp³-hybridized carbons (Fsp3) is 0.333. The van der Waals surface area contributed by atoms with Crippen molar-refractivity contribution in [3.05, 3.63) is 70.0 Å². The highest BCUT2D eigenvalue weighted by molar-refractivity contribution is 5.39. The Morgan fingerprint density at radius 1 is 1.05 bits per heavy atom. The number of aliphatic hydroxyl groups is 1. The summed E-state index contributed by atoms with van der Waals surface area (Å²) in [7, 11) is 0. The van der Waals surface area contributed by atoms with E-state index in [0.717, 1.165) is 24.0 Å². The van der Waals surface area contributed by atoms with Crippen LogP contribution in [0.3, 0.4) is 0 Å². The maximum Gasteiger partial charge on any atom is 0.126 e. The predicted molar refractivity (Wildman–Crippen MR) is 80.4 cm³/mol. The fourth-order valence-electron chi connectivity index (χ4n) is 2.40. The lowest BCUT2D eigenvalue weighted by atomic mass is 9.93. The van der Waals surface area contributed by atoms with E-state index in [2.05, 4.69) is 26.0 Å². The molecule has 1 atom stereocenters. The van der Waals surface area contributed by atoms with Crippen molar-refractivity contribution >= 4 is 0 Å². The molecule has 1 unspecified atom stereocenters. The van der Waals surface area contributed by atoms with Gasteiger partial charge in [0, 0.05) is 0 Å². The summed E-state index contributed by atoms with van der Waals surface area (Å²) in [4.78, 5) is 0. The molecule has 2 heteroatoms. The Kier molecular flexibility index (Phi) is 4.56. The van der Waals surface area contributed by atoms with Crippen LogP contribution in [0, 0.1) is 12.7 Å². The van der Waals surface area contributed by atoms with Crippen molar-refractivity contribution in [3.8, 4) is 0 Å². The number of benzene rings is 2. The predicted octanol–water partition coefficient (Wildman–Crippen LogP) is 4.34.